The van der Waals surface area contributed by atoms with Gasteiger partial charge in [0.15, 0.2) is 0 Å². The van der Waals surface area contributed by atoms with E-state index in [1.54, 1.807) is 0 Å². The Morgan fingerprint density at radius 2 is 2.00 bits per heavy atom. The summed E-state index contributed by atoms with van der Waals surface area (Å²) >= 11 is 0. The molecular formula is C10H13ClO2. The van der Waals surface area contributed by atoms with Gasteiger partial charge in [-0.05, 0) is 30.5 Å². The molecule has 0 spiro atoms. The molecule has 0 saturated heterocycles. The normalized spacial score (nSPS) is 9.08. The largest absolute Gasteiger partial charge is 0.481 e. The van der Waals surface area contributed by atoms with Crippen molar-refractivity contribution < 1.29 is 9.90 Å². The molecule has 0 amide bonds. The topological polar surface area (TPSA) is 37.3 Å². The molecule has 0 radical (unpaired) electrons. The Morgan fingerprint density at radius 1 is 1.38 bits per heavy atom. The molecule has 1 aromatic carbocycles. The van der Waals surface area contributed by atoms with Crippen molar-refractivity contribution in [3.8, 4) is 0 Å². The average Bonchev–Trinajstić information content (AvgIpc) is 1.98. The summed E-state index contributed by atoms with van der Waals surface area (Å²) in [6.45, 7) is 3.94. The summed E-state index contributed by atoms with van der Waals surface area (Å²) in [5.41, 5.74) is 3.14. The van der Waals surface area contributed by atoms with Gasteiger partial charge >= 0.3 is 5.97 Å². The second-order valence-corrected chi connectivity index (χ2v) is 2.93. The van der Waals surface area contributed by atoms with Gasteiger partial charge in [0.25, 0.3) is 0 Å². The highest BCUT2D eigenvalue weighted by molar-refractivity contribution is 5.85. The summed E-state index contributed by atoms with van der Waals surface area (Å²) in [4.78, 5) is 10.4. The van der Waals surface area contributed by atoms with E-state index in [2.05, 4.69) is 0 Å². The standard InChI is InChI=1S/C10H12O2.ClH/c1-7-4-3-5-9(8(7)2)6-10(11)12;/h3-5H,6H2,1-2H3,(H,11,12);1H. The lowest BCUT2D eigenvalue weighted by molar-refractivity contribution is -0.136. The van der Waals surface area contributed by atoms with Gasteiger partial charge in [-0.2, -0.15) is 0 Å². The summed E-state index contributed by atoms with van der Waals surface area (Å²) in [6, 6.07) is 5.73. The summed E-state index contributed by atoms with van der Waals surface area (Å²) in [5.74, 6) is -0.774. The average molecular weight is 201 g/mol. The third kappa shape index (κ3) is 3.07. The zero-order valence-electron chi connectivity index (χ0n) is 7.70. The predicted octanol–water partition coefficient (Wildman–Crippen LogP) is 2.35. The SMILES string of the molecule is Cc1cccc(CC(=O)O)c1C.Cl. The number of carboxylic acids is 1. The third-order valence-electron chi connectivity index (χ3n) is 2.06. The zero-order chi connectivity index (χ0) is 9.14. The van der Waals surface area contributed by atoms with Crippen LogP contribution in [-0.4, -0.2) is 11.1 Å². The van der Waals surface area contributed by atoms with Crippen LogP contribution in [0.5, 0.6) is 0 Å². The molecule has 0 aliphatic rings. The maximum atomic E-state index is 10.4. The Balaban J connectivity index is 0.00000144. The molecule has 1 rings (SSSR count). The second-order valence-electron chi connectivity index (χ2n) is 2.93. The monoisotopic (exact) mass is 200 g/mol. The lowest BCUT2D eigenvalue weighted by Gasteiger charge is -2.04. The van der Waals surface area contributed by atoms with E-state index in [1.165, 1.54) is 0 Å². The van der Waals surface area contributed by atoms with Crippen molar-refractivity contribution >= 4 is 18.4 Å². The van der Waals surface area contributed by atoms with Crippen molar-refractivity contribution in [1.29, 1.82) is 0 Å². The molecule has 0 aliphatic heterocycles. The van der Waals surface area contributed by atoms with Crippen molar-refractivity contribution in [3.63, 3.8) is 0 Å². The lowest BCUT2D eigenvalue weighted by atomic mass is 10.0. The molecule has 0 aromatic heterocycles. The van der Waals surface area contributed by atoms with Gasteiger partial charge in [-0.25, -0.2) is 0 Å². The number of carboxylic acid groups (broad SMARTS) is 1. The van der Waals surface area contributed by atoms with Gasteiger partial charge in [0.1, 0.15) is 0 Å². The number of carbonyl (C=O) groups is 1. The minimum absolute atomic E-state index is 0. The maximum Gasteiger partial charge on any atom is 0.307 e. The van der Waals surface area contributed by atoms with E-state index < -0.39 is 5.97 Å². The minimum atomic E-state index is -0.774. The highest BCUT2D eigenvalue weighted by atomic mass is 35.5. The van der Waals surface area contributed by atoms with Gasteiger partial charge in [-0.1, -0.05) is 18.2 Å². The van der Waals surface area contributed by atoms with Crippen molar-refractivity contribution in [3.05, 3.63) is 34.9 Å². The van der Waals surface area contributed by atoms with Crippen LogP contribution in [0.2, 0.25) is 0 Å². The van der Waals surface area contributed by atoms with E-state index in [0.29, 0.717) is 0 Å². The highest BCUT2D eigenvalue weighted by Crippen LogP contribution is 2.12. The number of aryl methyl sites for hydroxylation is 1. The van der Waals surface area contributed by atoms with Gasteiger partial charge in [0.2, 0.25) is 0 Å². The van der Waals surface area contributed by atoms with Crippen molar-refractivity contribution in [2.24, 2.45) is 0 Å². The number of hydrogen-bond acceptors (Lipinski definition) is 1. The molecule has 3 heteroatoms. The van der Waals surface area contributed by atoms with Crippen LogP contribution >= 0.6 is 12.4 Å². The van der Waals surface area contributed by atoms with E-state index in [-0.39, 0.29) is 18.8 Å². The Labute approximate surface area is 84.0 Å². The molecule has 0 fully saturated rings. The van der Waals surface area contributed by atoms with Gasteiger partial charge in [-0.3, -0.25) is 4.79 Å². The van der Waals surface area contributed by atoms with Crippen LogP contribution in [-0.2, 0) is 11.2 Å². The van der Waals surface area contributed by atoms with Gasteiger partial charge in [0, 0.05) is 0 Å². The Hall–Kier alpha value is -1.02. The Kier molecular flexibility index (Phi) is 4.49. The predicted molar refractivity (Wildman–Crippen MR) is 54.5 cm³/mol. The molecule has 0 heterocycles. The zero-order valence-corrected chi connectivity index (χ0v) is 8.52. The first-order valence-electron chi connectivity index (χ1n) is 3.88. The molecule has 13 heavy (non-hydrogen) atoms. The number of rotatable bonds is 2. The molecular weight excluding hydrogens is 188 g/mol. The van der Waals surface area contributed by atoms with Gasteiger partial charge in [-0.15, -0.1) is 12.4 Å². The molecule has 0 saturated carbocycles. The van der Waals surface area contributed by atoms with E-state index >= 15 is 0 Å². The summed E-state index contributed by atoms with van der Waals surface area (Å²) in [5, 5.41) is 8.58. The molecule has 1 aromatic rings. The summed E-state index contributed by atoms with van der Waals surface area (Å²) in [7, 11) is 0. The molecule has 2 nitrogen and oxygen atoms in total. The van der Waals surface area contributed by atoms with Gasteiger partial charge in [0.05, 0.1) is 6.42 Å². The molecule has 72 valence electrons. The smallest absolute Gasteiger partial charge is 0.307 e. The first-order chi connectivity index (χ1) is 5.61. The van der Waals surface area contributed by atoms with Crippen LogP contribution in [0.1, 0.15) is 16.7 Å². The first-order valence-corrected chi connectivity index (χ1v) is 3.88. The molecule has 0 bridgehead atoms. The first kappa shape index (κ1) is 12.0. The van der Waals surface area contributed by atoms with Crippen molar-refractivity contribution in [2.75, 3.05) is 0 Å². The number of benzene rings is 1. The van der Waals surface area contributed by atoms with Crippen LogP contribution in [0.25, 0.3) is 0 Å². The Morgan fingerprint density at radius 3 is 2.54 bits per heavy atom. The quantitative estimate of drug-likeness (QED) is 0.796. The Bertz CT molecular complexity index is 308. The van der Waals surface area contributed by atoms with Crippen molar-refractivity contribution in [2.45, 2.75) is 20.3 Å². The fraction of sp³-hybridized carbons (Fsp3) is 0.300. The molecule has 0 unspecified atom stereocenters. The van der Waals surface area contributed by atoms with E-state index in [9.17, 15) is 4.79 Å². The molecule has 1 N–H and O–H groups in total. The van der Waals surface area contributed by atoms with Crippen LogP contribution in [0.3, 0.4) is 0 Å². The van der Waals surface area contributed by atoms with Crippen LogP contribution < -0.4 is 0 Å². The molecule has 0 aliphatic carbocycles. The molecule has 0 atom stereocenters. The highest BCUT2D eigenvalue weighted by Gasteiger charge is 2.04. The number of hydrogen-bond donors (Lipinski definition) is 1. The van der Waals surface area contributed by atoms with E-state index in [4.69, 9.17) is 5.11 Å². The fourth-order valence-electron chi connectivity index (χ4n) is 1.17. The van der Waals surface area contributed by atoms with E-state index in [1.807, 2.05) is 32.0 Å². The fourth-order valence-corrected chi connectivity index (χ4v) is 1.17. The lowest BCUT2D eigenvalue weighted by Crippen LogP contribution is -2.02. The van der Waals surface area contributed by atoms with Crippen LogP contribution in [0, 0.1) is 13.8 Å². The summed E-state index contributed by atoms with van der Waals surface area (Å²) in [6.07, 6.45) is 0.119. The van der Waals surface area contributed by atoms with E-state index in [0.717, 1.165) is 16.7 Å². The van der Waals surface area contributed by atoms with Gasteiger partial charge < -0.3 is 5.11 Å². The maximum absolute atomic E-state index is 10.4. The summed E-state index contributed by atoms with van der Waals surface area (Å²) < 4.78 is 0. The van der Waals surface area contributed by atoms with Crippen LogP contribution in [0.4, 0.5) is 0 Å². The number of aliphatic carboxylic acids is 1. The van der Waals surface area contributed by atoms with Crippen LogP contribution in [0.15, 0.2) is 18.2 Å². The third-order valence-corrected chi connectivity index (χ3v) is 2.06. The second kappa shape index (κ2) is 4.87. The number of halogens is 1. The van der Waals surface area contributed by atoms with Crippen molar-refractivity contribution in [1.82, 2.24) is 0 Å². The minimum Gasteiger partial charge on any atom is -0.481 e.